The molecule has 16 heavy (non-hydrogen) atoms. The molecular formula is C7H5N5O4. The fraction of sp³-hybridized carbons (Fsp3) is 0. The number of hydrogen-bond donors (Lipinski definition) is 4. The lowest BCUT2D eigenvalue weighted by atomic mass is 10.4. The maximum Gasteiger partial charge on any atom is 0.374 e. The first-order valence-corrected chi connectivity index (χ1v) is 3.99. The second-order valence-electron chi connectivity index (χ2n) is 2.83. The topological polar surface area (TPSA) is 155 Å². The zero-order valence-electron chi connectivity index (χ0n) is 7.63. The molecule has 0 fully saturated rings. The van der Waals surface area contributed by atoms with Crippen LogP contribution in [0.25, 0.3) is 11.2 Å². The molecule has 0 unspecified atom stereocenters. The summed E-state index contributed by atoms with van der Waals surface area (Å²) in [4.78, 5) is 34.2. The molecule has 2 rings (SSSR count). The number of anilines is 1. The lowest BCUT2D eigenvalue weighted by Gasteiger charge is -1.95. The summed E-state index contributed by atoms with van der Waals surface area (Å²) in [6.07, 6.45) is 0. The van der Waals surface area contributed by atoms with Crippen LogP contribution in [0, 0.1) is 0 Å². The number of carboxylic acid groups (broad SMARTS) is 2. The highest BCUT2D eigenvalue weighted by Gasteiger charge is 2.16. The van der Waals surface area contributed by atoms with Crippen molar-refractivity contribution in [2.24, 2.45) is 0 Å². The summed E-state index contributed by atoms with van der Waals surface area (Å²) in [5.74, 6) is -3.74. The number of imidazole rings is 1. The number of fused-ring (bicyclic) bond motifs is 1. The van der Waals surface area contributed by atoms with E-state index in [0.29, 0.717) is 0 Å². The third-order valence-electron chi connectivity index (χ3n) is 1.77. The molecule has 0 aliphatic heterocycles. The van der Waals surface area contributed by atoms with E-state index in [1.54, 1.807) is 0 Å². The van der Waals surface area contributed by atoms with Crippen LogP contribution in [0.1, 0.15) is 21.2 Å². The summed E-state index contributed by atoms with van der Waals surface area (Å²) in [5, 5.41) is 17.3. The van der Waals surface area contributed by atoms with Gasteiger partial charge in [0.05, 0.1) is 0 Å². The van der Waals surface area contributed by atoms with Crippen LogP contribution in [0.3, 0.4) is 0 Å². The second-order valence-corrected chi connectivity index (χ2v) is 2.83. The third-order valence-corrected chi connectivity index (χ3v) is 1.77. The minimum atomic E-state index is -1.37. The number of aromatic carboxylic acids is 2. The highest BCUT2D eigenvalue weighted by Crippen LogP contribution is 2.15. The van der Waals surface area contributed by atoms with E-state index in [4.69, 9.17) is 15.9 Å². The van der Waals surface area contributed by atoms with Crippen molar-refractivity contribution in [2.75, 3.05) is 5.73 Å². The van der Waals surface area contributed by atoms with Gasteiger partial charge in [-0.3, -0.25) is 0 Å². The molecule has 0 radical (unpaired) electrons. The van der Waals surface area contributed by atoms with E-state index in [2.05, 4.69) is 19.9 Å². The van der Waals surface area contributed by atoms with Gasteiger partial charge in [0.2, 0.25) is 11.6 Å². The number of hydrogen-bond acceptors (Lipinski definition) is 6. The number of nitrogens with zero attached hydrogens (tertiary/aromatic N) is 3. The number of rotatable bonds is 2. The summed E-state index contributed by atoms with van der Waals surface area (Å²) >= 11 is 0. The summed E-state index contributed by atoms with van der Waals surface area (Å²) in [5.41, 5.74) is 5.43. The van der Waals surface area contributed by atoms with Gasteiger partial charge in [0.1, 0.15) is 5.52 Å². The maximum atomic E-state index is 10.6. The molecule has 82 valence electrons. The fourth-order valence-corrected chi connectivity index (χ4v) is 1.12. The Kier molecular flexibility index (Phi) is 1.94. The molecule has 5 N–H and O–H groups in total. The highest BCUT2D eigenvalue weighted by molar-refractivity contribution is 5.93. The van der Waals surface area contributed by atoms with Crippen molar-refractivity contribution >= 4 is 28.9 Å². The average Bonchev–Trinajstić information content (AvgIpc) is 2.61. The number of carbonyl (C=O) groups is 2. The number of carboxylic acids is 2. The van der Waals surface area contributed by atoms with Gasteiger partial charge in [-0.15, -0.1) is 0 Å². The first kappa shape index (κ1) is 9.83. The molecule has 2 heterocycles. The molecule has 2 aromatic rings. The molecule has 0 saturated carbocycles. The van der Waals surface area contributed by atoms with E-state index in [-0.39, 0.29) is 22.8 Å². The predicted octanol–water partition coefficient (Wildman–Crippen LogP) is -0.668. The Hall–Kier alpha value is -2.71. The van der Waals surface area contributed by atoms with Crippen LogP contribution < -0.4 is 5.73 Å². The maximum absolute atomic E-state index is 10.6. The smallest absolute Gasteiger partial charge is 0.374 e. The number of aromatic amines is 1. The molecule has 9 nitrogen and oxygen atoms in total. The highest BCUT2D eigenvalue weighted by atomic mass is 16.4. The Balaban J connectivity index is 2.72. The quantitative estimate of drug-likeness (QED) is 0.522. The molecule has 0 bridgehead atoms. The zero-order valence-corrected chi connectivity index (χ0v) is 7.63. The molecule has 0 aromatic carbocycles. The molecule has 9 heteroatoms. The molecule has 0 aliphatic carbocycles. The van der Waals surface area contributed by atoms with Gasteiger partial charge in [0, 0.05) is 0 Å². The van der Waals surface area contributed by atoms with Gasteiger partial charge in [-0.2, -0.15) is 0 Å². The average molecular weight is 223 g/mol. The molecule has 0 aliphatic rings. The van der Waals surface area contributed by atoms with Crippen LogP contribution in [0.4, 0.5) is 5.82 Å². The first-order valence-electron chi connectivity index (χ1n) is 3.99. The van der Waals surface area contributed by atoms with Crippen molar-refractivity contribution in [1.29, 1.82) is 0 Å². The Morgan fingerprint density at radius 3 is 2.38 bits per heavy atom. The number of aromatic nitrogens is 4. The van der Waals surface area contributed by atoms with Gasteiger partial charge in [0.15, 0.2) is 11.5 Å². The van der Waals surface area contributed by atoms with Crippen LogP contribution in [-0.2, 0) is 0 Å². The van der Waals surface area contributed by atoms with Crippen LogP contribution in [0.5, 0.6) is 0 Å². The first-order chi connectivity index (χ1) is 7.49. The van der Waals surface area contributed by atoms with E-state index in [1.165, 1.54) is 0 Å². The van der Waals surface area contributed by atoms with Crippen LogP contribution in [0.2, 0.25) is 0 Å². The monoisotopic (exact) mass is 223 g/mol. The summed E-state index contributed by atoms with van der Waals surface area (Å²) < 4.78 is 0. The number of nitrogen functional groups attached to an aromatic ring is 1. The molecule has 0 atom stereocenters. The molecule has 2 aromatic heterocycles. The van der Waals surface area contributed by atoms with Crippen molar-refractivity contribution in [3.63, 3.8) is 0 Å². The largest absolute Gasteiger partial charge is 0.475 e. The number of nitrogens with one attached hydrogen (secondary N) is 1. The van der Waals surface area contributed by atoms with Gasteiger partial charge >= 0.3 is 11.9 Å². The van der Waals surface area contributed by atoms with Crippen molar-refractivity contribution in [1.82, 2.24) is 19.9 Å². The lowest BCUT2D eigenvalue weighted by Crippen LogP contribution is -2.06. The van der Waals surface area contributed by atoms with E-state index in [1.807, 2.05) is 0 Å². The minimum absolute atomic E-state index is 0.0951. The van der Waals surface area contributed by atoms with E-state index in [0.717, 1.165) is 0 Å². The molecule has 0 amide bonds. The molecule has 0 spiro atoms. The van der Waals surface area contributed by atoms with E-state index >= 15 is 0 Å². The number of nitrogens with two attached hydrogens (primary N) is 1. The van der Waals surface area contributed by atoms with Crippen molar-refractivity contribution < 1.29 is 19.8 Å². The Morgan fingerprint density at radius 2 is 1.81 bits per heavy atom. The number of H-pyrrole nitrogens is 1. The minimum Gasteiger partial charge on any atom is -0.475 e. The third kappa shape index (κ3) is 1.39. The standard InChI is InChI=1S/C7H5N5O4/c8-2-1-3(11-4(9-1)6(13)14)12-5(10-2)7(15)16/h(H,13,14)(H,15,16)(H3,8,9,10,11,12). The van der Waals surface area contributed by atoms with E-state index < -0.39 is 17.8 Å². The van der Waals surface area contributed by atoms with Crippen molar-refractivity contribution in [2.45, 2.75) is 0 Å². The van der Waals surface area contributed by atoms with Crippen molar-refractivity contribution in [3.8, 4) is 0 Å². The van der Waals surface area contributed by atoms with Crippen LogP contribution in [-0.4, -0.2) is 42.1 Å². The van der Waals surface area contributed by atoms with Gasteiger partial charge in [-0.1, -0.05) is 0 Å². The van der Waals surface area contributed by atoms with Gasteiger partial charge in [0.25, 0.3) is 0 Å². The SMILES string of the molecule is Nc1nc(C(=O)O)nc2nc(C(=O)O)[nH]c12. The Bertz CT molecular complexity index is 604. The zero-order chi connectivity index (χ0) is 11.9. The summed E-state index contributed by atoms with van der Waals surface area (Å²) in [7, 11) is 0. The van der Waals surface area contributed by atoms with Crippen LogP contribution >= 0.6 is 0 Å². The summed E-state index contributed by atoms with van der Waals surface area (Å²) in [6.45, 7) is 0. The lowest BCUT2D eigenvalue weighted by molar-refractivity contribution is 0.0675. The summed E-state index contributed by atoms with van der Waals surface area (Å²) in [6, 6.07) is 0. The van der Waals surface area contributed by atoms with Crippen molar-refractivity contribution in [3.05, 3.63) is 11.6 Å². The Morgan fingerprint density at radius 1 is 1.12 bits per heavy atom. The Labute approximate surface area is 87.0 Å². The van der Waals surface area contributed by atoms with E-state index in [9.17, 15) is 9.59 Å². The molecule has 0 saturated heterocycles. The fourth-order valence-electron chi connectivity index (χ4n) is 1.12. The van der Waals surface area contributed by atoms with Crippen LogP contribution in [0.15, 0.2) is 0 Å². The van der Waals surface area contributed by atoms with Gasteiger partial charge in [-0.25, -0.2) is 24.5 Å². The normalized spacial score (nSPS) is 10.5. The second kappa shape index (κ2) is 3.15. The van der Waals surface area contributed by atoms with Gasteiger partial charge < -0.3 is 20.9 Å². The van der Waals surface area contributed by atoms with Gasteiger partial charge in [-0.05, 0) is 0 Å². The molecular weight excluding hydrogens is 218 g/mol. The predicted molar refractivity (Wildman–Crippen MR) is 50.0 cm³/mol.